The van der Waals surface area contributed by atoms with Crippen molar-refractivity contribution in [3.05, 3.63) is 67.5 Å². The Morgan fingerprint density at radius 2 is 1.96 bits per heavy atom. The second-order valence-corrected chi connectivity index (χ2v) is 5.83. The Hall–Kier alpha value is -3.81. The summed E-state index contributed by atoms with van der Waals surface area (Å²) in [6, 6.07) is 15.2. The average Bonchev–Trinajstić information content (AvgIpc) is 3.23. The van der Waals surface area contributed by atoms with Gasteiger partial charge in [0, 0.05) is 11.5 Å². The molecule has 0 saturated heterocycles. The van der Waals surface area contributed by atoms with Crippen molar-refractivity contribution in [1.29, 1.82) is 0 Å². The number of nitrogens with zero attached hydrogens (tertiary/aromatic N) is 5. The van der Waals surface area contributed by atoms with Crippen molar-refractivity contribution < 1.29 is 9.53 Å². The van der Waals surface area contributed by atoms with Gasteiger partial charge in [0.25, 0.3) is 5.91 Å². The van der Waals surface area contributed by atoms with Crippen molar-refractivity contribution in [3.63, 3.8) is 0 Å². The Labute approximate surface area is 154 Å². The van der Waals surface area contributed by atoms with Gasteiger partial charge in [0.2, 0.25) is 0 Å². The van der Waals surface area contributed by atoms with Gasteiger partial charge >= 0.3 is 0 Å². The van der Waals surface area contributed by atoms with Gasteiger partial charge in [-0.1, -0.05) is 36.4 Å². The van der Waals surface area contributed by atoms with Crippen molar-refractivity contribution >= 4 is 22.5 Å². The third-order valence-electron chi connectivity index (χ3n) is 3.98. The molecule has 0 bridgehead atoms. The van der Waals surface area contributed by atoms with E-state index in [1.54, 1.807) is 13.0 Å². The summed E-state index contributed by atoms with van der Waals surface area (Å²) >= 11 is 0. The second-order valence-electron chi connectivity index (χ2n) is 5.83. The first-order valence-corrected chi connectivity index (χ1v) is 8.33. The van der Waals surface area contributed by atoms with E-state index < -0.39 is 6.10 Å². The van der Waals surface area contributed by atoms with Gasteiger partial charge in [0.15, 0.2) is 11.9 Å². The number of benzene rings is 2. The molecule has 4 rings (SSSR count). The van der Waals surface area contributed by atoms with Gasteiger partial charge in [0.1, 0.15) is 30.5 Å². The number of aromatic nitrogens is 5. The van der Waals surface area contributed by atoms with Crippen molar-refractivity contribution in [3.8, 4) is 11.6 Å². The molecule has 1 atom stereocenters. The van der Waals surface area contributed by atoms with Crippen LogP contribution in [0.15, 0.2) is 67.5 Å². The molecule has 4 aromatic rings. The third-order valence-corrected chi connectivity index (χ3v) is 3.98. The van der Waals surface area contributed by atoms with Gasteiger partial charge in [-0.15, -0.1) is 0 Å². The van der Waals surface area contributed by atoms with Gasteiger partial charge in [-0.3, -0.25) is 4.79 Å². The summed E-state index contributed by atoms with van der Waals surface area (Å²) in [5.74, 6) is 1.20. The molecule has 1 amide bonds. The minimum Gasteiger partial charge on any atom is -0.480 e. The summed E-state index contributed by atoms with van der Waals surface area (Å²) in [6.07, 6.45) is 3.56. The fraction of sp³-hybridized carbons (Fsp3) is 0.105. The minimum absolute atomic E-state index is 0.314. The number of anilines is 1. The SMILES string of the molecule is CC(Oc1cccc2ccccc12)C(=O)Nc1cc(-n2cncn2)ncn1. The Morgan fingerprint density at radius 3 is 2.81 bits per heavy atom. The van der Waals surface area contributed by atoms with E-state index in [1.165, 1.54) is 23.7 Å². The standard InChI is InChI=1S/C19H16N6O2/c1-13(27-16-8-4-6-14-5-2-3-7-15(14)16)19(26)24-17-9-18(22-11-21-17)25-12-20-10-23-25/h2-13H,1H3,(H,21,22,24,26). The zero-order chi connectivity index (χ0) is 18.6. The van der Waals surface area contributed by atoms with E-state index in [1.807, 2.05) is 42.5 Å². The number of hydrogen-bond acceptors (Lipinski definition) is 6. The maximum Gasteiger partial charge on any atom is 0.266 e. The molecule has 1 N–H and O–H groups in total. The molecule has 27 heavy (non-hydrogen) atoms. The van der Waals surface area contributed by atoms with Gasteiger partial charge < -0.3 is 10.1 Å². The Kier molecular flexibility index (Phi) is 4.44. The number of nitrogens with one attached hydrogen (secondary N) is 1. The van der Waals surface area contributed by atoms with Gasteiger partial charge in [-0.2, -0.15) is 5.10 Å². The van der Waals surface area contributed by atoms with E-state index in [-0.39, 0.29) is 5.91 Å². The number of carbonyl (C=O) groups is 1. The van der Waals surface area contributed by atoms with Crippen LogP contribution in [0.2, 0.25) is 0 Å². The largest absolute Gasteiger partial charge is 0.480 e. The van der Waals surface area contributed by atoms with E-state index in [0.717, 1.165) is 10.8 Å². The van der Waals surface area contributed by atoms with Crippen molar-refractivity contribution in [2.75, 3.05) is 5.32 Å². The van der Waals surface area contributed by atoms with Crippen molar-refractivity contribution in [2.45, 2.75) is 13.0 Å². The van der Waals surface area contributed by atoms with Crippen LogP contribution in [-0.2, 0) is 4.79 Å². The molecule has 134 valence electrons. The third kappa shape index (κ3) is 3.59. The zero-order valence-electron chi connectivity index (χ0n) is 14.5. The lowest BCUT2D eigenvalue weighted by molar-refractivity contribution is -0.122. The molecule has 0 saturated carbocycles. The van der Waals surface area contributed by atoms with Gasteiger partial charge in [-0.05, 0) is 18.4 Å². The lowest BCUT2D eigenvalue weighted by Crippen LogP contribution is -2.30. The molecule has 2 aromatic carbocycles. The quantitative estimate of drug-likeness (QED) is 0.588. The van der Waals surface area contributed by atoms with Crippen molar-refractivity contribution in [1.82, 2.24) is 24.7 Å². The molecular weight excluding hydrogens is 344 g/mol. The van der Waals surface area contributed by atoms with Gasteiger partial charge in [0.05, 0.1) is 0 Å². The van der Waals surface area contributed by atoms with E-state index in [4.69, 9.17) is 4.74 Å². The van der Waals surface area contributed by atoms with Crippen LogP contribution in [0.25, 0.3) is 16.6 Å². The molecule has 8 nitrogen and oxygen atoms in total. The maximum absolute atomic E-state index is 12.5. The topological polar surface area (TPSA) is 94.8 Å². The number of ether oxygens (including phenoxy) is 1. The van der Waals surface area contributed by atoms with Crippen LogP contribution in [0.1, 0.15) is 6.92 Å². The maximum atomic E-state index is 12.5. The summed E-state index contributed by atoms with van der Waals surface area (Å²) in [7, 11) is 0. The highest BCUT2D eigenvalue weighted by molar-refractivity contribution is 5.94. The highest BCUT2D eigenvalue weighted by Gasteiger charge is 2.17. The van der Waals surface area contributed by atoms with Gasteiger partial charge in [-0.25, -0.2) is 19.6 Å². The van der Waals surface area contributed by atoms with E-state index in [2.05, 4.69) is 25.4 Å². The summed E-state index contributed by atoms with van der Waals surface area (Å²) in [4.78, 5) is 24.6. The van der Waals surface area contributed by atoms with E-state index >= 15 is 0 Å². The Morgan fingerprint density at radius 1 is 1.11 bits per heavy atom. The van der Waals surface area contributed by atoms with Crippen LogP contribution in [0.3, 0.4) is 0 Å². The first kappa shape index (κ1) is 16.6. The van der Waals surface area contributed by atoms with Crippen LogP contribution in [-0.4, -0.2) is 36.7 Å². The average molecular weight is 360 g/mol. The molecular formula is C19H16N6O2. The number of rotatable bonds is 5. The fourth-order valence-corrected chi connectivity index (χ4v) is 2.64. The minimum atomic E-state index is -0.708. The van der Waals surface area contributed by atoms with Crippen LogP contribution < -0.4 is 10.1 Å². The predicted molar refractivity (Wildman–Crippen MR) is 99.6 cm³/mol. The molecule has 1 unspecified atom stereocenters. The number of fused-ring (bicyclic) bond motifs is 1. The molecule has 0 aliphatic rings. The number of carbonyl (C=O) groups excluding carboxylic acids is 1. The summed E-state index contributed by atoms with van der Waals surface area (Å²) in [5, 5.41) is 8.75. The zero-order valence-corrected chi connectivity index (χ0v) is 14.5. The van der Waals surface area contributed by atoms with Crippen LogP contribution in [0.5, 0.6) is 5.75 Å². The first-order chi connectivity index (χ1) is 13.2. The lowest BCUT2D eigenvalue weighted by Gasteiger charge is -2.16. The first-order valence-electron chi connectivity index (χ1n) is 8.33. The summed E-state index contributed by atoms with van der Waals surface area (Å²) in [6.45, 7) is 1.69. The van der Waals surface area contributed by atoms with Crippen LogP contribution >= 0.6 is 0 Å². The van der Waals surface area contributed by atoms with Crippen molar-refractivity contribution in [2.24, 2.45) is 0 Å². The van der Waals surface area contributed by atoms with E-state index in [0.29, 0.717) is 17.4 Å². The molecule has 0 fully saturated rings. The highest BCUT2D eigenvalue weighted by Crippen LogP contribution is 2.26. The second kappa shape index (κ2) is 7.20. The monoisotopic (exact) mass is 360 g/mol. The fourth-order valence-electron chi connectivity index (χ4n) is 2.64. The molecule has 2 heterocycles. The van der Waals surface area contributed by atoms with E-state index in [9.17, 15) is 4.79 Å². The van der Waals surface area contributed by atoms with Crippen LogP contribution in [0.4, 0.5) is 5.82 Å². The molecule has 0 aliphatic heterocycles. The molecule has 8 heteroatoms. The molecule has 0 aliphatic carbocycles. The van der Waals surface area contributed by atoms with Crippen LogP contribution in [0, 0.1) is 0 Å². The Balaban J connectivity index is 1.49. The lowest BCUT2D eigenvalue weighted by atomic mass is 10.1. The normalized spacial score (nSPS) is 11.9. The molecule has 2 aromatic heterocycles. The smallest absolute Gasteiger partial charge is 0.266 e. The summed E-state index contributed by atoms with van der Waals surface area (Å²) in [5.41, 5.74) is 0. The number of amides is 1. The Bertz CT molecular complexity index is 1080. The number of hydrogen-bond donors (Lipinski definition) is 1. The summed E-state index contributed by atoms with van der Waals surface area (Å²) < 4.78 is 7.36. The highest BCUT2D eigenvalue weighted by atomic mass is 16.5. The molecule has 0 radical (unpaired) electrons. The molecule has 0 spiro atoms. The predicted octanol–water partition coefficient (Wildman–Crippen LogP) is 2.62.